The summed E-state index contributed by atoms with van der Waals surface area (Å²) in [6.07, 6.45) is 1.65. The second-order valence-corrected chi connectivity index (χ2v) is 8.01. The smallest absolute Gasteiger partial charge is 0.250 e. The zero-order valence-electron chi connectivity index (χ0n) is 20.1. The van der Waals surface area contributed by atoms with Gasteiger partial charge in [0.05, 0.1) is 33.6 Å². The molecule has 1 aliphatic heterocycles. The third-order valence-electron chi connectivity index (χ3n) is 5.76. The fourth-order valence-electron chi connectivity index (χ4n) is 3.91. The molecule has 0 radical (unpaired) electrons. The average molecular weight is 486 g/mol. The van der Waals surface area contributed by atoms with E-state index in [1.165, 1.54) is 0 Å². The number of aromatic nitrogens is 3. The predicted octanol–water partition coefficient (Wildman–Crippen LogP) is 4.07. The van der Waals surface area contributed by atoms with E-state index >= 15 is 0 Å². The molecule has 10 nitrogen and oxygen atoms in total. The molecule has 1 aromatic heterocycles. The first-order valence-electron chi connectivity index (χ1n) is 11.6. The highest BCUT2D eigenvalue weighted by molar-refractivity contribution is 5.95. The van der Waals surface area contributed by atoms with E-state index in [4.69, 9.17) is 14.2 Å². The Morgan fingerprint density at radius 2 is 1.72 bits per heavy atom. The summed E-state index contributed by atoms with van der Waals surface area (Å²) in [5, 5.41) is 9.90. The van der Waals surface area contributed by atoms with E-state index in [1.54, 1.807) is 26.5 Å². The maximum atomic E-state index is 5.49. The standard InChI is InChI=1S/C26H27N7O3/c1-34-20-11-10-19(23(16-20)35-2)17-27-32-25-29-24(30-26(31-25)33-12-14-36-15-13-33)28-22-9-5-7-18-6-3-4-8-21(18)22/h3-11,16-17H,12-15H2,1-2H3,(H2,28,29,30,31,32). The highest BCUT2D eigenvalue weighted by atomic mass is 16.5. The van der Waals surface area contributed by atoms with Crippen LogP contribution in [0.2, 0.25) is 0 Å². The number of nitrogens with zero attached hydrogens (tertiary/aromatic N) is 5. The third kappa shape index (κ3) is 5.28. The quantitative estimate of drug-likeness (QED) is 0.282. The topological polar surface area (TPSA) is 106 Å². The van der Waals surface area contributed by atoms with Gasteiger partial charge < -0.3 is 24.4 Å². The first-order chi connectivity index (χ1) is 17.7. The van der Waals surface area contributed by atoms with E-state index in [9.17, 15) is 0 Å². The molecule has 0 atom stereocenters. The Morgan fingerprint density at radius 1 is 0.917 bits per heavy atom. The molecule has 2 heterocycles. The predicted molar refractivity (Wildman–Crippen MR) is 141 cm³/mol. The van der Waals surface area contributed by atoms with Crippen LogP contribution in [0.5, 0.6) is 11.5 Å². The van der Waals surface area contributed by atoms with Crippen LogP contribution in [0, 0.1) is 0 Å². The van der Waals surface area contributed by atoms with Crippen molar-refractivity contribution < 1.29 is 14.2 Å². The highest BCUT2D eigenvalue weighted by Gasteiger charge is 2.17. The molecule has 1 aliphatic rings. The molecule has 10 heteroatoms. The largest absolute Gasteiger partial charge is 0.497 e. The van der Waals surface area contributed by atoms with Crippen molar-refractivity contribution in [1.82, 2.24) is 15.0 Å². The number of anilines is 4. The molecule has 36 heavy (non-hydrogen) atoms. The Labute approximate surface area is 209 Å². The van der Waals surface area contributed by atoms with Gasteiger partial charge in [0, 0.05) is 35.8 Å². The molecular formula is C26H27N7O3. The number of hydrazone groups is 1. The number of fused-ring (bicyclic) bond motifs is 1. The second-order valence-electron chi connectivity index (χ2n) is 8.01. The Bertz CT molecular complexity index is 1370. The SMILES string of the molecule is COc1ccc(C=NNc2nc(Nc3cccc4ccccc34)nc(N3CCOCC3)n2)c(OC)c1. The van der Waals surface area contributed by atoms with Gasteiger partial charge in [-0.25, -0.2) is 5.43 Å². The molecule has 0 spiro atoms. The summed E-state index contributed by atoms with van der Waals surface area (Å²) in [6, 6.07) is 19.7. The van der Waals surface area contributed by atoms with Crippen LogP contribution in [0.15, 0.2) is 65.8 Å². The van der Waals surface area contributed by atoms with Gasteiger partial charge in [0.2, 0.25) is 17.8 Å². The molecule has 0 saturated carbocycles. The van der Waals surface area contributed by atoms with Crippen LogP contribution >= 0.6 is 0 Å². The molecule has 0 unspecified atom stereocenters. The lowest BCUT2D eigenvalue weighted by atomic mass is 10.1. The lowest BCUT2D eigenvalue weighted by Crippen LogP contribution is -2.37. The third-order valence-corrected chi connectivity index (χ3v) is 5.76. The summed E-state index contributed by atoms with van der Waals surface area (Å²) in [4.78, 5) is 15.9. The maximum Gasteiger partial charge on any atom is 0.250 e. The second kappa shape index (κ2) is 10.9. The minimum Gasteiger partial charge on any atom is -0.497 e. The van der Waals surface area contributed by atoms with Crippen molar-refractivity contribution in [2.45, 2.75) is 0 Å². The van der Waals surface area contributed by atoms with E-state index in [1.807, 2.05) is 36.4 Å². The summed E-state index contributed by atoms with van der Waals surface area (Å²) >= 11 is 0. The molecule has 4 aromatic rings. The maximum absolute atomic E-state index is 5.49. The minimum absolute atomic E-state index is 0.318. The highest BCUT2D eigenvalue weighted by Crippen LogP contribution is 2.26. The Balaban J connectivity index is 1.43. The van der Waals surface area contributed by atoms with E-state index in [-0.39, 0.29) is 0 Å². The fourth-order valence-corrected chi connectivity index (χ4v) is 3.91. The van der Waals surface area contributed by atoms with E-state index < -0.39 is 0 Å². The van der Waals surface area contributed by atoms with Crippen LogP contribution in [0.1, 0.15) is 5.56 Å². The molecule has 0 aliphatic carbocycles. The summed E-state index contributed by atoms with van der Waals surface area (Å²) in [6.45, 7) is 2.64. The monoisotopic (exact) mass is 485 g/mol. The number of hydrogen-bond acceptors (Lipinski definition) is 10. The Hall–Kier alpha value is -4.44. The average Bonchev–Trinajstić information content (AvgIpc) is 2.94. The van der Waals surface area contributed by atoms with Crippen molar-refractivity contribution in [2.75, 3.05) is 56.2 Å². The molecular weight excluding hydrogens is 458 g/mol. The number of nitrogens with one attached hydrogen (secondary N) is 2. The van der Waals surface area contributed by atoms with Gasteiger partial charge in [-0.1, -0.05) is 36.4 Å². The molecule has 3 aromatic carbocycles. The lowest BCUT2D eigenvalue weighted by molar-refractivity contribution is 0.122. The van der Waals surface area contributed by atoms with Gasteiger partial charge in [0.25, 0.3) is 0 Å². The first-order valence-corrected chi connectivity index (χ1v) is 11.6. The Morgan fingerprint density at radius 3 is 2.56 bits per heavy atom. The fraction of sp³-hybridized carbons (Fsp3) is 0.231. The normalized spacial score (nSPS) is 13.7. The number of morpholine rings is 1. The minimum atomic E-state index is 0.318. The lowest BCUT2D eigenvalue weighted by Gasteiger charge is -2.27. The van der Waals surface area contributed by atoms with Crippen molar-refractivity contribution in [3.8, 4) is 11.5 Å². The summed E-state index contributed by atoms with van der Waals surface area (Å²) < 4.78 is 16.2. The molecule has 0 amide bonds. The van der Waals surface area contributed by atoms with Crippen LogP contribution in [0.25, 0.3) is 10.8 Å². The molecule has 5 rings (SSSR count). The van der Waals surface area contributed by atoms with Crippen LogP contribution in [0.4, 0.5) is 23.5 Å². The van der Waals surface area contributed by atoms with Crippen LogP contribution in [-0.4, -0.2) is 61.7 Å². The van der Waals surface area contributed by atoms with Crippen molar-refractivity contribution in [3.63, 3.8) is 0 Å². The van der Waals surface area contributed by atoms with Gasteiger partial charge in [-0.2, -0.15) is 20.1 Å². The van der Waals surface area contributed by atoms with Crippen LogP contribution in [0.3, 0.4) is 0 Å². The van der Waals surface area contributed by atoms with Gasteiger partial charge in [-0.05, 0) is 23.6 Å². The first kappa shape index (κ1) is 23.3. The molecule has 1 fully saturated rings. The zero-order valence-corrected chi connectivity index (χ0v) is 20.1. The van der Waals surface area contributed by atoms with Crippen molar-refractivity contribution in [1.29, 1.82) is 0 Å². The summed E-state index contributed by atoms with van der Waals surface area (Å²) in [5.41, 5.74) is 4.63. The van der Waals surface area contributed by atoms with Gasteiger partial charge in [0.1, 0.15) is 11.5 Å². The summed E-state index contributed by atoms with van der Waals surface area (Å²) in [7, 11) is 3.21. The van der Waals surface area contributed by atoms with E-state index in [0.717, 1.165) is 22.0 Å². The van der Waals surface area contributed by atoms with E-state index in [2.05, 4.69) is 53.9 Å². The van der Waals surface area contributed by atoms with Crippen molar-refractivity contribution in [2.24, 2.45) is 5.10 Å². The number of methoxy groups -OCH3 is 2. The molecule has 184 valence electrons. The van der Waals surface area contributed by atoms with Gasteiger partial charge in [-0.3, -0.25) is 0 Å². The van der Waals surface area contributed by atoms with Crippen LogP contribution < -0.4 is 25.1 Å². The number of rotatable bonds is 8. The Kier molecular flexibility index (Phi) is 7.04. The van der Waals surface area contributed by atoms with Crippen molar-refractivity contribution in [3.05, 3.63) is 66.2 Å². The van der Waals surface area contributed by atoms with Gasteiger partial charge in [-0.15, -0.1) is 0 Å². The summed E-state index contributed by atoms with van der Waals surface area (Å²) in [5.74, 6) is 2.63. The van der Waals surface area contributed by atoms with Gasteiger partial charge in [0.15, 0.2) is 0 Å². The number of benzene rings is 3. The molecule has 1 saturated heterocycles. The number of ether oxygens (including phenoxy) is 3. The van der Waals surface area contributed by atoms with Gasteiger partial charge >= 0.3 is 0 Å². The van der Waals surface area contributed by atoms with Crippen molar-refractivity contribution >= 4 is 40.5 Å². The molecule has 2 N–H and O–H groups in total. The zero-order chi connectivity index (χ0) is 24.7. The number of hydrogen-bond donors (Lipinski definition) is 2. The van der Waals surface area contributed by atoms with Crippen LogP contribution in [-0.2, 0) is 4.74 Å². The molecule has 0 bridgehead atoms. The van der Waals surface area contributed by atoms with E-state index in [0.29, 0.717) is 55.6 Å².